The molecule has 1 atom stereocenters. The molecule has 0 unspecified atom stereocenters. The first kappa shape index (κ1) is 12.3. The highest BCUT2D eigenvalue weighted by molar-refractivity contribution is 7.88. The van der Waals surface area contributed by atoms with E-state index in [1.807, 2.05) is 12.1 Å². The highest BCUT2D eigenvalue weighted by Crippen LogP contribution is 2.34. The predicted molar refractivity (Wildman–Crippen MR) is 67.3 cm³/mol. The maximum Gasteiger partial charge on any atom is 0.211 e. The smallest absolute Gasteiger partial charge is 0.211 e. The van der Waals surface area contributed by atoms with E-state index in [9.17, 15) is 8.42 Å². The lowest BCUT2D eigenvalue weighted by Crippen LogP contribution is -2.29. The second kappa shape index (κ2) is 4.62. The van der Waals surface area contributed by atoms with Crippen LogP contribution >= 0.6 is 0 Å². The van der Waals surface area contributed by atoms with Gasteiger partial charge in [0.2, 0.25) is 10.0 Å². The van der Waals surface area contributed by atoms with Crippen molar-refractivity contribution in [1.29, 1.82) is 0 Å². The lowest BCUT2D eigenvalue weighted by atomic mass is 10.1. The SMILES string of the molecule is CNc1cc([C@@H]2CCCN2S(C)(=O)=O)ccn1. The Morgan fingerprint density at radius 2 is 2.29 bits per heavy atom. The van der Waals surface area contributed by atoms with Gasteiger partial charge in [0.25, 0.3) is 0 Å². The second-order valence-electron chi connectivity index (χ2n) is 4.26. The molecule has 0 spiro atoms. The van der Waals surface area contributed by atoms with E-state index in [0.29, 0.717) is 6.54 Å². The third-order valence-corrected chi connectivity index (χ3v) is 4.34. The van der Waals surface area contributed by atoms with Gasteiger partial charge in [-0.25, -0.2) is 13.4 Å². The number of sulfonamides is 1. The average molecular weight is 255 g/mol. The molecule has 0 saturated carbocycles. The molecule has 0 aliphatic carbocycles. The molecular weight excluding hydrogens is 238 g/mol. The molecule has 0 radical (unpaired) electrons. The molecule has 2 rings (SSSR count). The summed E-state index contributed by atoms with van der Waals surface area (Å²) in [6, 6.07) is 3.75. The van der Waals surface area contributed by atoms with Gasteiger partial charge < -0.3 is 5.32 Å². The van der Waals surface area contributed by atoms with E-state index < -0.39 is 10.0 Å². The van der Waals surface area contributed by atoms with E-state index in [1.54, 1.807) is 17.5 Å². The van der Waals surface area contributed by atoms with Crippen LogP contribution in [0.5, 0.6) is 0 Å². The van der Waals surface area contributed by atoms with E-state index in [0.717, 1.165) is 24.2 Å². The van der Waals surface area contributed by atoms with Gasteiger partial charge in [-0.05, 0) is 30.5 Å². The van der Waals surface area contributed by atoms with Crippen LogP contribution in [0, 0.1) is 0 Å². The molecule has 1 N–H and O–H groups in total. The first-order chi connectivity index (χ1) is 8.02. The van der Waals surface area contributed by atoms with Gasteiger partial charge in [0.1, 0.15) is 5.82 Å². The normalized spacial score (nSPS) is 21.6. The van der Waals surface area contributed by atoms with Crippen LogP contribution in [-0.4, -0.2) is 37.6 Å². The summed E-state index contributed by atoms with van der Waals surface area (Å²) in [5.41, 5.74) is 1.01. The predicted octanol–water partition coefficient (Wildman–Crippen LogP) is 1.22. The van der Waals surface area contributed by atoms with E-state index >= 15 is 0 Å². The zero-order valence-electron chi connectivity index (χ0n) is 10.0. The molecule has 1 aromatic rings. The molecule has 0 aromatic carbocycles. The number of nitrogens with one attached hydrogen (secondary N) is 1. The molecule has 6 heteroatoms. The van der Waals surface area contributed by atoms with Crippen LogP contribution in [-0.2, 0) is 10.0 Å². The van der Waals surface area contributed by atoms with Crippen LogP contribution < -0.4 is 5.32 Å². The minimum absolute atomic E-state index is 0.0416. The number of aromatic nitrogens is 1. The standard InChI is InChI=1S/C11H17N3O2S/c1-12-11-8-9(5-6-13-11)10-4-3-7-14(10)17(2,15)16/h5-6,8,10H,3-4,7H2,1-2H3,(H,12,13)/t10-/m0/s1. The quantitative estimate of drug-likeness (QED) is 0.882. The summed E-state index contributed by atoms with van der Waals surface area (Å²) in [6.45, 7) is 0.612. The highest BCUT2D eigenvalue weighted by Gasteiger charge is 2.32. The van der Waals surface area contributed by atoms with Crippen LogP contribution in [0.1, 0.15) is 24.4 Å². The van der Waals surface area contributed by atoms with E-state index in [1.165, 1.54) is 6.26 Å². The second-order valence-corrected chi connectivity index (χ2v) is 6.19. The number of hydrogen-bond donors (Lipinski definition) is 1. The fourth-order valence-electron chi connectivity index (χ4n) is 2.26. The molecule has 0 amide bonds. The molecule has 17 heavy (non-hydrogen) atoms. The minimum Gasteiger partial charge on any atom is -0.373 e. The molecule has 1 aliphatic heterocycles. The lowest BCUT2D eigenvalue weighted by molar-refractivity contribution is 0.400. The van der Waals surface area contributed by atoms with Gasteiger partial charge in [-0.15, -0.1) is 0 Å². The van der Waals surface area contributed by atoms with Gasteiger partial charge >= 0.3 is 0 Å². The van der Waals surface area contributed by atoms with Crippen molar-refractivity contribution >= 4 is 15.8 Å². The summed E-state index contributed by atoms with van der Waals surface area (Å²) in [7, 11) is -1.33. The Morgan fingerprint density at radius 3 is 2.94 bits per heavy atom. The Kier molecular flexibility index (Phi) is 3.35. The van der Waals surface area contributed by atoms with Crippen molar-refractivity contribution in [3.05, 3.63) is 23.9 Å². The Bertz CT molecular complexity index is 501. The monoisotopic (exact) mass is 255 g/mol. The number of anilines is 1. The van der Waals surface area contributed by atoms with Crippen molar-refractivity contribution < 1.29 is 8.42 Å². The maximum absolute atomic E-state index is 11.7. The fraction of sp³-hybridized carbons (Fsp3) is 0.545. The topological polar surface area (TPSA) is 62.3 Å². The molecule has 1 aliphatic rings. The Morgan fingerprint density at radius 1 is 1.53 bits per heavy atom. The van der Waals surface area contributed by atoms with Gasteiger partial charge in [-0.1, -0.05) is 0 Å². The lowest BCUT2D eigenvalue weighted by Gasteiger charge is -2.22. The van der Waals surface area contributed by atoms with Gasteiger partial charge in [0.15, 0.2) is 0 Å². The summed E-state index contributed by atoms with van der Waals surface area (Å²) in [5, 5.41) is 2.97. The zero-order valence-corrected chi connectivity index (χ0v) is 10.9. The maximum atomic E-state index is 11.7. The zero-order chi connectivity index (χ0) is 12.5. The minimum atomic E-state index is -3.13. The van der Waals surface area contributed by atoms with Crippen LogP contribution in [0.4, 0.5) is 5.82 Å². The molecule has 94 valence electrons. The Labute approximate surface area is 102 Å². The molecular formula is C11H17N3O2S. The summed E-state index contributed by atoms with van der Waals surface area (Å²) in [4.78, 5) is 4.14. The number of hydrogen-bond acceptors (Lipinski definition) is 4. The average Bonchev–Trinajstić information content (AvgIpc) is 2.77. The molecule has 0 bridgehead atoms. The van der Waals surface area contributed by atoms with Crippen molar-refractivity contribution in [2.24, 2.45) is 0 Å². The summed E-state index contributed by atoms with van der Waals surface area (Å²) in [5.74, 6) is 0.767. The molecule has 1 aromatic heterocycles. The van der Waals surface area contributed by atoms with E-state index in [4.69, 9.17) is 0 Å². The van der Waals surface area contributed by atoms with Crippen molar-refractivity contribution in [2.75, 3.05) is 25.2 Å². The van der Waals surface area contributed by atoms with Gasteiger partial charge in [0, 0.05) is 25.8 Å². The molecule has 2 heterocycles. The summed E-state index contributed by atoms with van der Waals surface area (Å²) >= 11 is 0. The first-order valence-corrected chi connectivity index (χ1v) is 7.47. The van der Waals surface area contributed by atoms with Gasteiger partial charge in [-0.2, -0.15) is 4.31 Å². The first-order valence-electron chi connectivity index (χ1n) is 5.63. The van der Waals surface area contributed by atoms with Crippen LogP contribution in [0.25, 0.3) is 0 Å². The van der Waals surface area contributed by atoms with Crippen LogP contribution in [0.2, 0.25) is 0 Å². The molecule has 1 fully saturated rings. The highest BCUT2D eigenvalue weighted by atomic mass is 32.2. The number of nitrogens with zero attached hydrogens (tertiary/aromatic N) is 2. The summed E-state index contributed by atoms with van der Waals surface area (Å²) < 4.78 is 24.9. The molecule has 1 saturated heterocycles. The van der Waals surface area contributed by atoms with Crippen molar-refractivity contribution in [3.8, 4) is 0 Å². The van der Waals surface area contributed by atoms with Gasteiger partial charge in [0.05, 0.1) is 6.26 Å². The van der Waals surface area contributed by atoms with E-state index in [2.05, 4.69) is 10.3 Å². The largest absolute Gasteiger partial charge is 0.373 e. The van der Waals surface area contributed by atoms with Crippen molar-refractivity contribution in [3.63, 3.8) is 0 Å². The van der Waals surface area contributed by atoms with Crippen LogP contribution in [0.3, 0.4) is 0 Å². The Balaban J connectivity index is 2.32. The third kappa shape index (κ3) is 2.58. The van der Waals surface area contributed by atoms with Crippen molar-refractivity contribution in [1.82, 2.24) is 9.29 Å². The Hall–Kier alpha value is -1.14. The van der Waals surface area contributed by atoms with E-state index in [-0.39, 0.29) is 6.04 Å². The number of rotatable bonds is 3. The number of pyridine rings is 1. The van der Waals surface area contributed by atoms with Crippen molar-refractivity contribution in [2.45, 2.75) is 18.9 Å². The summed E-state index contributed by atoms with van der Waals surface area (Å²) in [6.07, 6.45) is 4.76. The third-order valence-electron chi connectivity index (χ3n) is 3.05. The molecule has 5 nitrogen and oxygen atoms in total. The van der Waals surface area contributed by atoms with Crippen LogP contribution in [0.15, 0.2) is 18.3 Å². The fourth-order valence-corrected chi connectivity index (χ4v) is 3.41. The van der Waals surface area contributed by atoms with Gasteiger partial charge in [-0.3, -0.25) is 0 Å².